The first-order valence-electron chi connectivity index (χ1n) is 8.79. The van der Waals surface area contributed by atoms with E-state index in [1.54, 1.807) is 23.1 Å². The predicted molar refractivity (Wildman–Crippen MR) is 103 cm³/mol. The average molecular weight is 347 g/mol. The van der Waals surface area contributed by atoms with E-state index in [0.29, 0.717) is 17.3 Å². The predicted octanol–water partition coefficient (Wildman–Crippen LogP) is 3.42. The van der Waals surface area contributed by atoms with E-state index in [9.17, 15) is 9.59 Å². The molecule has 26 heavy (non-hydrogen) atoms. The van der Waals surface area contributed by atoms with Gasteiger partial charge in [0.15, 0.2) is 5.69 Å². The van der Waals surface area contributed by atoms with Gasteiger partial charge in [-0.2, -0.15) is 5.10 Å². The number of amides is 1. The third-order valence-electron chi connectivity index (χ3n) is 4.98. The van der Waals surface area contributed by atoms with Gasteiger partial charge in [0.1, 0.15) is 0 Å². The summed E-state index contributed by atoms with van der Waals surface area (Å²) in [6.45, 7) is 7.17. The number of aromatic amines is 1. The van der Waals surface area contributed by atoms with Crippen LogP contribution in [0.25, 0.3) is 10.8 Å². The summed E-state index contributed by atoms with van der Waals surface area (Å²) in [5.74, 6) is -0.181. The Morgan fingerprint density at radius 3 is 2.58 bits per heavy atom. The van der Waals surface area contributed by atoms with E-state index in [2.05, 4.69) is 43.1 Å². The zero-order valence-electron chi connectivity index (χ0n) is 15.2. The average Bonchev–Trinajstić information content (AvgIpc) is 3.04. The van der Waals surface area contributed by atoms with E-state index in [-0.39, 0.29) is 22.6 Å². The Labute approximate surface area is 151 Å². The van der Waals surface area contributed by atoms with Crippen molar-refractivity contribution in [3.05, 3.63) is 69.6 Å². The molecule has 0 spiro atoms. The molecule has 2 heterocycles. The molecule has 0 saturated carbocycles. The number of aromatic nitrogens is 2. The largest absolute Gasteiger partial charge is 0.306 e. The number of carbonyl (C=O) groups is 1. The Bertz CT molecular complexity index is 1080. The molecule has 132 valence electrons. The second-order valence-corrected chi connectivity index (χ2v) is 7.75. The number of nitrogens with one attached hydrogen (secondary N) is 1. The minimum absolute atomic E-state index is 0.0726. The molecule has 1 amide bonds. The number of H-pyrrole nitrogens is 1. The maximum atomic E-state index is 13.2. The van der Waals surface area contributed by atoms with Gasteiger partial charge in [0.05, 0.1) is 5.39 Å². The fraction of sp³-hybridized carbons (Fsp3) is 0.286. The number of fused-ring (bicyclic) bond motifs is 2. The molecular weight excluding hydrogens is 326 g/mol. The standard InChI is InChI=1S/C21H21N3O2/c1-21(2,3)14-8-9-17-13(12-14)10-11-24(17)20(26)18-15-6-4-5-7-16(15)19(25)23-22-18/h4-9,12H,10-11H2,1-3H3,(H,23,25). The summed E-state index contributed by atoms with van der Waals surface area (Å²) in [6.07, 6.45) is 0.826. The molecule has 2 aromatic carbocycles. The quantitative estimate of drug-likeness (QED) is 0.733. The van der Waals surface area contributed by atoms with Gasteiger partial charge in [-0.1, -0.05) is 51.1 Å². The van der Waals surface area contributed by atoms with Crippen molar-refractivity contribution in [1.29, 1.82) is 0 Å². The first kappa shape index (κ1) is 16.5. The van der Waals surface area contributed by atoms with Gasteiger partial charge in [0, 0.05) is 17.6 Å². The number of carbonyl (C=O) groups excluding carboxylic acids is 1. The second kappa shape index (κ2) is 5.80. The Morgan fingerprint density at radius 2 is 1.85 bits per heavy atom. The van der Waals surface area contributed by atoms with E-state index in [1.165, 1.54) is 11.1 Å². The number of hydrogen-bond acceptors (Lipinski definition) is 3. The highest BCUT2D eigenvalue weighted by Crippen LogP contribution is 2.34. The van der Waals surface area contributed by atoms with Gasteiger partial charge in [-0.15, -0.1) is 0 Å². The highest BCUT2D eigenvalue weighted by molar-refractivity contribution is 6.13. The van der Waals surface area contributed by atoms with Gasteiger partial charge in [0.2, 0.25) is 0 Å². The summed E-state index contributed by atoms with van der Waals surface area (Å²) in [4.78, 5) is 26.9. The van der Waals surface area contributed by atoms with Gasteiger partial charge in [0.25, 0.3) is 11.5 Å². The molecular formula is C21H21N3O2. The van der Waals surface area contributed by atoms with Gasteiger partial charge in [-0.05, 0) is 35.1 Å². The van der Waals surface area contributed by atoms with E-state index in [1.807, 2.05) is 12.1 Å². The number of rotatable bonds is 1. The zero-order chi connectivity index (χ0) is 18.5. The van der Waals surface area contributed by atoms with Crippen LogP contribution >= 0.6 is 0 Å². The number of hydrogen-bond donors (Lipinski definition) is 1. The summed E-state index contributed by atoms with van der Waals surface area (Å²) in [6, 6.07) is 13.4. The first-order chi connectivity index (χ1) is 12.4. The maximum Gasteiger partial charge on any atom is 0.279 e. The van der Waals surface area contributed by atoms with Crippen molar-refractivity contribution in [3.63, 3.8) is 0 Å². The second-order valence-electron chi connectivity index (χ2n) is 7.75. The van der Waals surface area contributed by atoms with Crippen molar-refractivity contribution < 1.29 is 4.79 Å². The van der Waals surface area contributed by atoms with E-state index in [4.69, 9.17) is 0 Å². The summed E-state index contributed by atoms with van der Waals surface area (Å²) in [5, 5.41) is 7.56. The number of anilines is 1. The monoisotopic (exact) mass is 347 g/mol. The van der Waals surface area contributed by atoms with Crippen molar-refractivity contribution in [2.45, 2.75) is 32.6 Å². The van der Waals surface area contributed by atoms with Crippen LogP contribution in [0.1, 0.15) is 42.4 Å². The van der Waals surface area contributed by atoms with Gasteiger partial charge >= 0.3 is 0 Å². The van der Waals surface area contributed by atoms with Crippen LogP contribution in [-0.4, -0.2) is 22.6 Å². The molecule has 1 aliphatic heterocycles. The van der Waals surface area contributed by atoms with Crippen LogP contribution in [0.4, 0.5) is 5.69 Å². The van der Waals surface area contributed by atoms with Crippen molar-refractivity contribution in [2.75, 3.05) is 11.4 Å². The van der Waals surface area contributed by atoms with Crippen molar-refractivity contribution in [1.82, 2.24) is 10.2 Å². The van der Waals surface area contributed by atoms with Crippen LogP contribution in [0.5, 0.6) is 0 Å². The van der Waals surface area contributed by atoms with Gasteiger partial charge in [-0.25, -0.2) is 5.10 Å². The molecule has 0 atom stereocenters. The highest BCUT2D eigenvalue weighted by Gasteiger charge is 2.29. The van der Waals surface area contributed by atoms with E-state index in [0.717, 1.165) is 12.1 Å². The molecule has 4 rings (SSSR count). The Balaban J connectivity index is 1.77. The molecule has 5 heteroatoms. The summed E-state index contributed by atoms with van der Waals surface area (Å²) >= 11 is 0. The third-order valence-corrected chi connectivity index (χ3v) is 4.98. The smallest absolute Gasteiger partial charge is 0.279 e. The molecule has 0 aliphatic carbocycles. The lowest BCUT2D eigenvalue weighted by Gasteiger charge is -2.21. The van der Waals surface area contributed by atoms with Crippen molar-refractivity contribution >= 4 is 22.4 Å². The molecule has 0 unspecified atom stereocenters. The Morgan fingerprint density at radius 1 is 1.12 bits per heavy atom. The third kappa shape index (κ3) is 2.60. The summed E-state index contributed by atoms with van der Waals surface area (Å²) in [7, 11) is 0. The van der Waals surface area contributed by atoms with Gasteiger partial charge in [-0.3, -0.25) is 9.59 Å². The molecule has 0 radical (unpaired) electrons. The van der Waals surface area contributed by atoms with Crippen LogP contribution < -0.4 is 10.5 Å². The minimum atomic E-state index is -0.284. The van der Waals surface area contributed by atoms with Crippen LogP contribution in [0.3, 0.4) is 0 Å². The first-order valence-corrected chi connectivity index (χ1v) is 8.79. The molecule has 0 saturated heterocycles. The van der Waals surface area contributed by atoms with Crippen LogP contribution in [0, 0.1) is 0 Å². The lowest BCUT2D eigenvalue weighted by atomic mass is 9.86. The molecule has 0 bridgehead atoms. The topological polar surface area (TPSA) is 66.1 Å². The molecule has 5 nitrogen and oxygen atoms in total. The molecule has 1 aliphatic rings. The van der Waals surface area contributed by atoms with E-state index >= 15 is 0 Å². The molecule has 0 fully saturated rings. The lowest BCUT2D eigenvalue weighted by Crippen LogP contribution is -2.31. The normalized spacial score (nSPS) is 13.9. The molecule has 1 N–H and O–H groups in total. The summed E-state index contributed by atoms with van der Waals surface area (Å²) < 4.78 is 0. The van der Waals surface area contributed by atoms with Crippen molar-refractivity contribution in [2.24, 2.45) is 0 Å². The van der Waals surface area contributed by atoms with Gasteiger partial charge < -0.3 is 4.90 Å². The zero-order valence-corrected chi connectivity index (χ0v) is 15.2. The van der Waals surface area contributed by atoms with Crippen LogP contribution in [0.2, 0.25) is 0 Å². The molecule has 3 aromatic rings. The molecule has 1 aromatic heterocycles. The SMILES string of the molecule is CC(C)(C)c1ccc2c(c1)CCN2C(=O)c1n[nH]c(=O)c2ccccc12. The lowest BCUT2D eigenvalue weighted by molar-refractivity contribution is 0.0985. The summed E-state index contributed by atoms with van der Waals surface area (Å²) in [5.41, 5.74) is 3.45. The number of benzene rings is 2. The van der Waals surface area contributed by atoms with Crippen LogP contribution in [0.15, 0.2) is 47.3 Å². The van der Waals surface area contributed by atoms with Crippen LogP contribution in [-0.2, 0) is 11.8 Å². The Hall–Kier alpha value is -2.95. The highest BCUT2D eigenvalue weighted by atomic mass is 16.2. The van der Waals surface area contributed by atoms with E-state index < -0.39 is 0 Å². The fourth-order valence-electron chi connectivity index (χ4n) is 3.48. The fourth-order valence-corrected chi connectivity index (χ4v) is 3.48. The number of nitrogens with zero attached hydrogens (tertiary/aromatic N) is 2. The minimum Gasteiger partial charge on any atom is -0.306 e. The van der Waals surface area contributed by atoms with Crippen molar-refractivity contribution in [3.8, 4) is 0 Å². The Kier molecular flexibility index (Phi) is 3.68. The maximum absolute atomic E-state index is 13.2.